The molecule has 0 aromatic carbocycles. The van der Waals surface area contributed by atoms with E-state index in [1.54, 1.807) is 0 Å². The SMILES string of the molecule is CN1CCC(C2C(N)CC3CCC2N3C)CC1. The monoisotopic (exact) mass is 237 g/mol. The lowest BCUT2D eigenvalue weighted by Gasteiger charge is -2.47. The molecule has 4 atom stereocenters. The summed E-state index contributed by atoms with van der Waals surface area (Å²) in [6.45, 7) is 2.54. The van der Waals surface area contributed by atoms with Gasteiger partial charge in [-0.15, -0.1) is 0 Å². The molecule has 3 heterocycles. The van der Waals surface area contributed by atoms with Gasteiger partial charge in [0.05, 0.1) is 0 Å². The molecule has 2 bridgehead atoms. The quantitative estimate of drug-likeness (QED) is 0.742. The van der Waals surface area contributed by atoms with Crippen molar-refractivity contribution in [2.24, 2.45) is 17.6 Å². The number of piperidine rings is 2. The molecule has 3 nitrogen and oxygen atoms in total. The zero-order chi connectivity index (χ0) is 12.0. The van der Waals surface area contributed by atoms with Crippen LogP contribution >= 0.6 is 0 Å². The average molecular weight is 237 g/mol. The summed E-state index contributed by atoms with van der Waals surface area (Å²) in [6.07, 6.45) is 6.75. The zero-order valence-corrected chi connectivity index (χ0v) is 11.3. The van der Waals surface area contributed by atoms with Crippen LogP contribution < -0.4 is 5.73 Å². The van der Waals surface area contributed by atoms with Crippen molar-refractivity contribution in [3.8, 4) is 0 Å². The summed E-state index contributed by atoms with van der Waals surface area (Å²) in [5, 5.41) is 0. The molecule has 2 N–H and O–H groups in total. The maximum Gasteiger partial charge on any atom is 0.0141 e. The zero-order valence-electron chi connectivity index (χ0n) is 11.3. The molecule has 17 heavy (non-hydrogen) atoms. The lowest BCUT2D eigenvalue weighted by Crippen LogP contribution is -2.55. The lowest BCUT2D eigenvalue weighted by molar-refractivity contribution is 0.0411. The first-order valence-electron chi connectivity index (χ1n) is 7.33. The number of hydrogen-bond donors (Lipinski definition) is 1. The van der Waals surface area contributed by atoms with Crippen LogP contribution in [0.1, 0.15) is 32.1 Å². The van der Waals surface area contributed by atoms with Gasteiger partial charge >= 0.3 is 0 Å². The molecule has 0 saturated carbocycles. The smallest absolute Gasteiger partial charge is 0.0141 e. The molecular formula is C14H27N3. The maximum absolute atomic E-state index is 6.49. The molecule has 0 spiro atoms. The number of likely N-dealkylation sites (tertiary alicyclic amines) is 1. The predicted molar refractivity (Wildman–Crippen MR) is 70.9 cm³/mol. The molecule has 0 aromatic rings. The largest absolute Gasteiger partial charge is 0.327 e. The van der Waals surface area contributed by atoms with Gasteiger partial charge in [-0.3, -0.25) is 0 Å². The van der Waals surface area contributed by atoms with E-state index >= 15 is 0 Å². The molecule has 0 aliphatic carbocycles. The van der Waals surface area contributed by atoms with Crippen molar-refractivity contribution in [2.75, 3.05) is 27.2 Å². The van der Waals surface area contributed by atoms with E-state index in [0.717, 1.165) is 23.9 Å². The third kappa shape index (κ3) is 2.02. The van der Waals surface area contributed by atoms with E-state index in [1.807, 2.05) is 0 Å². The molecule has 98 valence electrons. The van der Waals surface area contributed by atoms with Crippen molar-refractivity contribution < 1.29 is 0 Å². The first-order valence-corrected chi connectivity index (χ1v) is 7.33. The Balaban J connectivity index is 1.72. The third-order valence-electron chi connectivity index (χ3n) is 5.69. The second kappa shape index (κ2) is 4.52. The standard InChI is InChI=1S/C14H27N3/c1-16-7-5-10(6-8-16)14-12(15)9-11-3-4-13(14)17(11)2/h10-14H,3-9,15H2,1-2H3. The van der Waals surface area contributed by atoms with E-state index in [2.05, 4.69) is 23.9 Å². The van der Waals surface area contributed by atoms with Crippen molar-refractivity contribution in [1.29, 1.82) is 0 Å². The number of fused-ring (bicyclic) bond motifs is 2. The lowest BCUT2D eigenvalue weighted by atomic mass is 9.73. The number of nitrogens with two attached hydrogens (primary N) is 1. The summed E-state index contributed by atoms with van der Waals surface area (Å²) in [6, 6.07) is 2.05. The first kappa shape index (κ1) is 11.9. The molecule has 3 rings (SSSR count). The van der Waals surface area contributed by atoms with Gasteiger partial charge in [-0.2, -0.15) is 0 Å². The Kier molecular flexibility index (Phi) is 3.18. The second-order valence-electron chi connectivity index (χ2n) is 6.58. The Morgan fingerprint density at radius 3 is 2.41 bits per heavy atom. The summed E-state index contributed by atoms with van der Waals surface area (Å²) >= 11 is 0. The van der Waals surface area contributed by atoms with Crippen LogP contribution in [0, 0.1) is 11.8 Å². The van der Waals surface area contributed by atoms with Gasteiger partial charge in [-0.25, -0.2) is 0 Å². The van der Waals surface area contributed by atoms with Gasteiger partial charge in [0.1, 0.15) is 0 Å². The maximum atomic E-state index is 6.49. The summed E-state index contributed by atoms with van der Waals surface area (Å²) in [4.78, 5) is 5.11. The van der Waals surface area contributed by atoms with Crippen LogP contribution in [0.5, 0.6) is 0 Å². The predicted octanol–water partition coefficient (Wildman–Crippen LogP) is 1.14. The van der Waals surface area contributed by atoms with E-state index in [1.165, 1.54) is 45.2 Å². The van der Waals surface area contributed by atoms with Gasteiger partial charge in [-0.05, 0) is 71.1 Å². The Morgan fingerprint density at radius 1 is 1.00 bits per heavy atom. The van der Waals surface area contributed by atoms with Gasteiger partial charge in [-0.1, -0.05) is 0 Å². The summed E-state index contributed by atoms with van der Waals surface area (Å²) in [5.41, 5.74) is 6.49. The Labute approximate surface area is 105 Å². The van der Waals surface area contributed by atoms with Crippen LogP contribution in [0.25, 0.3) is 0 Å². The van der Waals surface area contributed by atoms with E-state index in [-0.39, 0.29) is 0 Å². The molecule has 4 unspecified atom stereocenters. The molecular weight excluding hydrogens is 210 g/mol. The number of hydrogen-bond acceptors (Lipinski definition) is 3. The highest BCUT2D eigenvalue weighted by atomic mass is 15.2. The van der Waals surface area contributed by atoms with Gasteiger partial charge < -0.3 is 15.5 Å². The van der Waals surface area contributed by atoms with E-state index in [0.29, 0.717) is 6.04 Å². The van der Waals surface area contributed by atoms with Gasteiger partial charge in [0.15, 0.2) is 0 Å². The van der Waals surface area contributed by atoms with Gasteiger partial charge in [0, 0.05) is 18.1 Å². The molecule has 3 saturated heterocycles. The first-order chi connectivity index (χ1) is 8.16. The van der Waals surface area contributed by atoms with Crippen molar-refractivity contribution in [3.63, 3.8) is 0 Å². The van der Waals surface area contributed by atoms with E-state index in [9.17, 15) is 0 Å². The highest BCUT2D eigenvalue weighted by molar-refractivity contribution is 5.02. The minimum atomic E-state index is 0.470. The van der Waals surface area contributed by atoms with Gasteiger partial charge in [0.25, 0.3) is 0 Å². The topological polar surface area (TPSA) is 32.5 Å². The van der Waals surface area contributed by atoms with Crippen LogP contribution in [-0.4, -0.2) is 55.1 Å². The number of nitrogens with zero attached hydrogens (tertiary/aromatic N) is 2. The number of rotatable bonds is 1. The fraction of sp³-hybridized carbons (Fsp3) is 1.00. The Hall–Kier alpha value is -0.120. The van der Waals surface area contributed by atoms with Crippen molar-refractivity contribution in [1.82, 2.24) is 9.80 Å². The molecule has 3 fully saturated rings. The highest BCUT2D eigenvalue weighted by Gasteiger charge is 2.47. The van der Waals surface area contributed by atoms with E-state index in [4.69, 9.17) is 5.73 Å². The fourth-order valence-corrected chi connectivity index (χ4v) is 4.62. The van der Waals surface area contributed by atoms with E-state index < -0.39 is 0 Å². The average Bonchev–Trinajstić information content (AvgIpc) is 2.57. The molecule has 3 aliphatic rings. The highest BCUT2D eigenvalue weighted by Crippen LogP contribution is 2.43. The molecule has 0 aromatic heterocycles. The van der Waals surface area contributed by atoms with Crippen molar-refractivity contribution in [2.45, 2.75) is 50.2 Å². The summed E-state index contributed by atoms with van der Waals surface area (Å²) < 4.78 is 0. The van der Waals surface area contributed by atoms with Crippen LogP contribution in [0.3, 0.4) is 0 Å². The molecule has 0 radical (unpaired) electrons. The second-order valence-corrected chi connectivity index (χ2v) is 6.58. The summed E-state index contributed by atoms with van der Waals surface area (Å²) in [7, 11) is 4.57. The minimum Gasteiger partial charge on any atom is -0.327 e. The van der Waals surface area contributed by atoms with Crippen molar-refractivity contribution in [3.05, 3.63) is 0 Å². The normalized spacial score (nSPS) is 45.4. The van der Waals surface area contributed by atoms with Crippen molar-refractivity contribution >= 4 is 0 Å². The Morgan fingerprint density at radius 2 is 1.71 bits per heavy atom. The van der Waals surface area contributed by atoms with Crippen LogP contribution in [0.2, 0.25) is 0 Å². The molecule has 3 heteroatoms. The summed E-state index contributed by atoms with van der Waals surface area (Å²) in [5.74, 6) is 1.65. The van der Waals surface area contributed by atoms with Crippen LogP contribution in [-0.2, 0) is 0 Å². The van der Waals surface area contributed by atoms with Crippen LogP contribution in [0.4, 0.5) is 0 Å². The van der Waals surface area contributed by atoms with Crippen LogP contribution in [0.15, 0.2) is 0 Å². The molecule has 0 amide bonds. The fourth-order valence-electron chi connectivity index (χ4n) is 4.62. The van der Waals surface area contributed by atoms with Gasteiger partial charge in [0.2, 0.25) is 0 Å². The minimum absolute atomic E-state index is 0.470. The Bertz CT molecular complexity index is 273. The molecule has 3 aliphatic heterocycles. The third-order valence-corrected chi connectivity index (χ3v) is 5.69.